The number of alkyl halides is 3. The van der Waals surface area contributed by atoms with Gasteiger partial charge >= 0.3 is 12.3 Å². The zero-order valence-electron chi connectivity index (χ0n) is 13.0. The summed E-state index contributed by atoms with van der Waals surface area (Å²) in [6, 6.07) is 3.47. The summed E-state index contributed by atoms with van der Waals surface area (Å²) < 4.78 is 43.1. The van der Waals surface area contributed by atoms with Crippen LogP contribution in [0.1, 0.15) is 38.3 Å². The largest absolute Gasteiger partial charge is 0.444 e. The van der Waals surface area contributed by atoms with Crippen LogP contribution in [0.2, 0.25) is 5.02 Å². The molecule has 0 aromatic heterocycles. The van der Waals surface area contributed by atoms with E-state index in [-0.39, 0.29) is 23.6 Å². The molecule has 0 spiro atoms. The van der Waals surface area contributed by atoms with Gasteiger partial charge in [-0.25, -0.2) is 4.79 Å². The molecular weight excluding hydrogens is 331 g/mol. The van der Waals surface area contributed by atoms with Crippen molar-refractivity contribution >= 4 is 17.7 Å². The zero-order chi connectivity index (χ0) is 17.7. The minimum Gasteiger partial charge on any atom is -0.444 e. The highest BCUT2D eigenvalue weighted by Crippen LogP contribution is 2.34. The van der Waals surface area contributed by atoms with Crippen molar-refractivity contribution in [2.24, 2.45) is 0 Å². The van der Waals surface area contributed by atoms with Crippen LogP contribution in [0.5, 0.6) is 0 Å². The van der Waals surface area contributed by atoms with E-state index in [1.165, 1.54) is 6.07 Å². The zero-order valence-corrected chi connectivity index (χ0v) is 13.7. The molecule has 126 valence electrons. The lowest BCUT2D eigenvalue weighted by Gasteiger charge is -2.19. The van der Waals surface area contributed by atoms with Gasteiger partial charge in [0.15, 0.2) is 0 Å². The standard InChI is InChI=1S/C16H17ClF3NO2/c1-15(2,3)23-14(22)21-9-5-4-6-11-7-8-13(17)12(10-11)16(18,19)20/h7-8,10H,5,9H2,1-3H3,(H,21,22). The molecule has 1 amide bonds. The lowest BCUT2D eigenvalue weighted by Crippen LogP contribution is -2.32. The van der Waals surface area contributed by atoms with E-state index >= 15 is 0 Å². The molecule has 1 aromatic carbocycles. The fourth-order valence-electron chi connectivity index (χ4n) is 1.53. The van der Waals surface area contributed by atoms with Crippen LogP contribution in [0.3, 0.4) is 0 Å². The van der Waals surface area contributed by atoms with Crippen LogP contribution in [0, 0.1) is 11.8 Å². The van der Waals surface area contributed by atoms with E-state index in [9.17, 15) is 18.0 Å². The SMILES string of the molecule is CC(C)(C)OC(=O)NCCC#Cc1ccc(Cl)c(C(F)(F)F)c1. The van der Waals surface area contributed by atoms with E-state index in [1.807, 2.05) is 0 Å². The monoisotopic (exact) mass is 347 g/mol. The molecule has 0 radical (unpaired) electrons. The predicted octanol–water partition coefficient (Wildman–Crippen LogP) is 4.63. The molecule has 0 unspecified atom stereocenters. The number of nitrogens with one attached hydrogen (secondary N) is 1. The molecule has 0 saturated heterocycles. The van der Waals surface area contributed by atoms with Gasteiger partial charge in [0.2, 0.25) is 0 Å². The number of rotatable bonds is 2. The summed E-state index contributed by atoms with van der Waals surface area (Å²) in [5, 5.41) is 2.14. The third-order valence-electron chi connectivity index (χ3n) is 2.42. The van der Waals surface area contributed by atoms with Crippen LogP contribution >= 0.6 is 11.6 Å². The lowest BCUT2D eigenvalue weighted by molar-refractivity contribution is -0.137. The summed E-state index contributed by atoms with van der Waals surface area (Å²) in [6.07, 6.45) is -4.80. The minimum absolute atomic E-state index is 0.207. The maximum Gasteiger partial charge on any atom is 0.417 e. The molecule has 0 fully saturated rings. The van der Waals surface area contributed by atoms with Crippen molar-refractivity contribution < 1.29 is 22.7 Å². The first kappa shape index (κ1) is 19.2. The molecule has 0 heterocycles. The van der Waals surface area contributed by atoms with Crippen LogP contribution in [-0.4, -0.2) is 18.2 Å². The van der Waals surface area contributed by atoms with Gasteiger partial charge in [0.25, 0.3) is 0 Å². The van der Waals surface area contributed by atoms with Crippen molar-refractivity contribution in [1.29, 1.82) is 0 Å². The summed E-state index contributed by atoms with van der Waals surface area (Å²) >= 11 is 5.52. The highest BCUT2D eigenvalue weighted by Gasteiger charge is 2.33. The molecular formula is C16H17ClF3NO2. The van der Waals surface area contributed by atoms with Gasteiger partial charge in [-0.15, -0.1) is 0 Å². The highest BCUT2D eigenvalue weighted by atomic mass is 35.5. The Kier molecular flexibility index (Phi) is 6.34. The van der Waals surface area contributed by atoms with Gasteiger partial charge in [-0.3, -0.25) is 0 Å². The first-order valence-electron chi connectivity index (χ1n) is 6.81. The van der Waals surface area contributed by atoms with Gasteiger partial charge in [-0.2, -0.15) is 13.2 Å². The van der Waals surface area contributed by atoms with Gasteiger partial charge < -0.3 is 10.1 Å². The van der Waals surface area contributed by atoms with Gasteiger partial charge in [0, 0.05) is 18.5 Å². The number of carbonyl (C=O) groups excluding carboxylic acids is 1. The number of hydrogen-bond acceptors (Lipinski definition) is 2. The first-order valence-corrected chi connectivity index (χ1v) is 7.19. The van der Waals surface area contributed by atoms with Crippen LogP contribution in [-0.2, 0) is 10.9 Å². The molecule has 3 nitrogen and oxygen atoms in total. The van der Waals surface area contributed by atoms with Crippen molar-refractivity contribution in [3.63, 3.8) is 0 Å². The Bertz CT molecular complexity index is 625. The van der Waals surface area contributed by atoms with E-state index < -0.39 is 23.4 Å². The Morgan fingerprint density at radius 2 is 1.96 bits per heavy atom. The molecule has 7 heteroatoms. The Morgan fingerprint density at radius 3 is 2.52 bits per heavy atom. The van der Waals surface area contributed by atoms with Gasteiger partial charge in [-0.05, 0) is 39.0 Å². The third kappa shape index (κ3) is 7.29. The average molecular weight is 348 g/mol. The minimum atomic E-state index is -4.52. The van der Waals surface area contributed by atoms with Crippen molar-refractivity contribution in [2.75, 3.05) is 6.54 Å². The quantitative estimate of drug-likeness (QED) is 0.626. The maximum atomic E-state index is 12.7. The normalized spacial score (nSPS) is 11.4. The van der Waals surface area contributed by atoms with E-state index in [0.717, 1.165) is 12.1 Å². The maximum absolute atomic E-state index is 12.7. The summed E-state index contributed by atoms with van der Waals surface area (Å²) in [6.45, 7) is 5.46. The molecule has 1 aromatic rings. The molecule has 0 atom stereocenters. The summed E-state index contributed by atoms with van der Waals surface area (Å²) in [4.78, 5) is 11.4. The average Bonchev–Trinajstić information content (AvgIpc) is 2.36. The van der Waals surface area contributed by atoms with Crippen molar-refractivity contribution in [1.82, 2.24) is 5.32 Å². The number of hydrogen-bond donors (Lipinski definition) is 1. The molecule has 0 bridgehead atoms. The Labute approximate surface area is 138 Å². The van der Waals surface area contributed by atoms with Crippen LogP contribution in [0.4, 0.5) is 18.0 Å². The second-order valence-corrected chi connectivity index (χ2v) is 6.08. The Balaban J connectivity index is 2.56. The second-order valence-electron chi connectivity index (χ2n) is 5.67. The van der Waals surface area contributed by atoms with Crippen LogP contribution in [0.15, 0.2) is 18.2 Å². The second kappa shape index (κ2) is 7.60. The summed E-state index contributed by atoms with van der Waals surface area (Å²) in [7, 11) is 0. The van der Waals surface area contributed by atoms with E-state index in [1.54, 1.807) is 20.8 Å². The molecule has 1 N–H and O–H groups in total. The van der Waals surface area contributed by atoms with Gasteiger partial charge in [0.1, 0.15) is 5.60 Å². The third-order valence-corrected chi connectivity index (χ3v) is 2.75. The van der Waals surface area contributed by atoms with Crippen LogP contribution < -0.4 is 5.32 Å². The summed E-state index contributed by atoms with van der Waals surface area (Å²) in [5.41, 5.74) is -1.30. The smallest absolute Gasteiger partial charge is 0.417 e. The van der Waals surface area contributed by atoms with Crippen LogP contribution in [0.25, 0.3) is 0 Å². The Hall–Kier alpha value is -1.87. The number of halogens is 4. The van der Waals surface area contributed by atoms with E-state index in [4.69, 9.17) is 16.3 Å². The van der Waals surface area contributed by atoms with Crippen molar-refractivity contribution in [2.45, 2.75) is 39.0 Å². The fourth-order valence-corrected chi connectivity index (χ4v) is 1.75. The van der Waals surface area contributed by atoms with Crippen molar-refractivity contribution in [3.8, 4) is 11.8 Å². The van der Waals surface area contributed by atoms with E-state index in [2.05, 4.69) is 17.2 Å². The number of benzene rings is 1. The number of amides is 1. The Morgan fingerprint density at radius 1 is 1.30 bits per heavy atom. The molecule has 0 saturated carbocycles. The topological polar surface area (TPSA) is 38.3 Å². The van der Waals surface area contributed by atoms with Gasteiger partial charge in [-0.1, -0.05) is 23.4 Å². The predicted molar refractivity (Wildman–Crippen MR) is 82.2 cm³/mol. The first-order chi connectivity index (χ1) is 10.5. The highest BCUT2D eigenvalue weighted by molar-refractivity contribution is 6.31. The van der Waals surface area contributed by atoms with E-state index in [0.29, 0.717) is 0 Å². The molecule has 23 heavy (non-hydrogen) atoms. The number of ether oxygens (including phenoxy) is 1. The molecule has 0 aliphatic rings. The molecule has 0 aliphatic carbocycles. The fraction of sp³-hybridized carbons (Fsp3) is 0.438. The summed E-state index contributed by atoms with van der Waals surface area (Å²) in [5.74, 6) is 5.29. The number of carbonyl (C=O) groups is 1. The van der Waals surface area contributed by atoms with Gasteiger partial charge in [0.05, 0.1) is 10.6 Å². The molecule has 0 aliphatic heterocycles. The molecule has 1 rings (SSSR count). The van der Waals surface area contributed by atoms with Crippen molar-refractivity contribution in [3.05, 3.63) is 34.3 Å². The number of alkyl carbamates (subject to hydrolysis) is 1. The lowest BCUT2D eigenvalue weighted by atomic mass is 10.1.